The van der Waals surface area contributed by atoms with Crippen molar-refractivity contribution in [1.82, 2.24) is 19.5 Å². The molecule has 8 aromatic rings. The van der Waals surface area contributed by atoms with Crippen LogP contribution in [0.25, 0.3) is 61.7 Å². The predicted molar refractivity (Wildman–Crippen MR) is 217 cm³/mol. The Morgan fingerprint density at radius 2 is 1.02 bits per heavy atom. The van der Waals surface area contributed by atoms with E-state index in [0.29, 0.717) is 17.5 Å². The topological polar surface area (TPSA) is 46.8 Å². The number of aromatic nitrogens is 4. The number of hydrogen-bond donors (Lipinski definition) is 0. The van der Waals surface area contributed by atoms with E-state index in [0.717, 1.165) is 40.9 Å². The summed E-state index contributed by atoms with van der Waals surface area (Å²) in [5, 5.41) is 2.49. The van der Waals surface area contributed by atoms with E-state index in [-0.39, 0.29) is 5.41 Å². The second-order valence-electron chi connectivity index (χ2n) is 14.4. The third-order valence-corrected chi connectivity index (χ3v) is 11.0. The molecule has 2 aromatic heterocycles. The van der Waals surface area contributed by atoms with Crippen molar-refractivity contribution in [2.45, 2.75) is 32.1 Å². The molecule has 0 saturated heterocycles. The van der Waals surface area contributed by atoms with Gasteiger partial charge < -0.3 is 9.47 Å². The number of allylic oxidation sites excluding steroid dienone is 3. The van der Waals surface area contributed by atoms with Crippen molar-refractivity contribution in [3.63, 3.8) is 0 Å². The van der Waals surface area contributed by atoms with E-state index in [4.69, 9.17) is 15.0 Å². The van der Waals surface area contributed by atoms with Crippen molar-refractivity contribution in [1.29, 1.82) is 0 Å². The number of fused-ring (bicyclic) bond motifs is 4. The summed E-state index contributed by atoms with van der Waals surface area (Å²) in [6.07, 6.45) is 6.75. The first-order chi connectivity index (χ1) is 26.0. The molecule has 0 atom stereocenters. The van der Waals surface area contributed by atoms with Crippen molar-refractivity contribution < 1.29 is 0 Å². The van der Waals surface area contributed by atoms with Crippen LogP contribution in [0.5, 0.6) is 0 Å². The molecule has 0 fully saturated rings. The molecule has 0 amide bonds. The predicted octanol–water partition coefficient (Wildman–Crippen LogP) is 12.0. The molecule has 10 rings (SSSR count). The molecule has 3 heterocycles. The lowest BCUT2D eigenvalue weighted by Crippen LogP contribution is -2.34. The van der Waals surface area contributed by atoms with Gasteiger partial charge in [-0.25, -0.2) is 15.0 Å². The average molecular weight is 684 g/mol. The molecule has 0 bridgehead atoms. The van der Waals surface area contributed by atoms with Gasteiger partial charge in [0.05, 0.1) is 16.7 Å². The highest BCUT2D eigenvalue weighted by Gasteiger charge is 2.38. The number of para-hydroxylation sites is 3. The Hall–Kier alpha value is -6.59. The zero-order valence-electron chi connectivity index (χ0n) is 29.7. The van der Waals surface area contributed by atoms with Crippen molar-refractivity contribution in [2.24, 2.45) is 0 Å². The first-order valence-corrected chi connectivity index (χ1v) is 18.4. The largest absolute Gasteiger partial charge is 0.310 e. The molecule has 1 aliphatic heterocycles. The Morgan fingerprint density at radius 1 is 0.509 bits per heavy atom. The van der Waals surface area contributed by atoms with Gasteiger partial charge in [0.2, 0.25) is 0 Å². The zero-order valence-corrected chi connectivity index (χ0v) is 29.7. The number of nitrogens with zero attached hydrogens (tertiary/aromatic N) is 5. The van der Waals surface area contributed by atoms with Crippen LogP contribution in [0.4, 0.5) is 11.4 Å². The van der Waals surface area contributed by atoms with Crippen LogP contribution in [0.15, 0.2) is 175 Å². The van der Waals surface area contributed by atoms with Gasteiger partial charge in [0.25, 0.3) is 0 Å². The lowest BCUT2D eigenvalue weighted by molar-refractivity contribution is 0.571. The monoisotopic (exact) mass is 683 g/mol. The summed E-state index contributed by atoms with van der Waals surface area (Å²) in [7, 11) is 0. The normalized spacial score (nSPS) is 14.8. The van der Waals surface area contributed by atoms with Crippen LogP contribution in [0.2, 0.25) is 0 Å². The van der Waals surface area contributed by atoms with Crippen molar-refractivity contribution in [2.75, 3.05) is 4.90 Å². The minimum atomic E-state index is -0.0239. The van der Waals surface area contributed by atoms with E-state index in [1.54, 1.807) is 0 Å². The highest BCUT2D eigenvalue weighted by molar-refractivity contribution is 6.09. The van der Waals surface area contributed by atoms with E-state index >= 15 is 0 Å². The van der Waals surface area contributed by atoms with Crippen molar-refractivity contribution in [3.05, 3.63) is 181 Å². The molecule has 0 unspecified atom stereocenters. The summed E-state index contributed by atoms with van der Waals surface area (Å²) >= 11 is 0. The number of hydrogen-bond acceptors (Lipinski definition) is 4. The quantitative estimate of drug-likeness (QED) is 0.181. The maximum atomic E-state index is 5.09. The second-order valence-corrected chi connectivity index (χ2v) is 14.4. The molecule has 0 radical (unpaired) electrons. The van der Waals surface area contributed by atoms with Crippen LogP contribution < -0.4 is 4.90 Å². The van der Waals surface area contributed by atoms with E-state index in [1.807, 2.05) is 18.2 Å². The Kier molecular flexibility index (Phi) is 7.22. The molecule has 6 aromatic carbocycles. The Labute approximate surface area is 309 Å². The fourth-order valence-corrected chi connectivity index (χ4v) is 8.33. The number of anilines is 2. The standard InChI is InChI=1S/C48H37N5/c1-48(2)39-18-8-12-22-43(39)53(44-23-13-9-19-40(44)48)36-30-26-34(27-31-36)47-50-45(32-14-4-3-5-15-32)49-46(51-47)33-24-28-35(29-25-33)52-41-20-10-6-16-37(41)38-17-7-11-21-42(38)52/h3-8,10-18,20-31H,9,19H2,1-2H3. The van der Waals surface area contributed by atoms with Gasteiger partial charge >= 0.3 is 0 Å². The highest BCUT2D eigenvalue weighted by atomic mass is 15.2. The minimum absolute atomic E-state index is 0.0239. The number of rotatable bonds is 5. The highest BCUT2D eigenvalue weighted by Crippen LogP contribution is 2.50. The van der Waals surface area contributed by atoms with Crippen molar-refractivity contribution >= 4 is 33.2 Å². The van der Waals surface area contributed by atoms with E-state index in [9.17, 15) is 0 Å². The van der Waals surface area contributed by atoms with E-state index in [1.165, 1.54) is 44.3 Å². The molecule has 5 heteroatoms. The summed E-state index contributed by atoms with van der Waals surface area (Å²) in [5.74, 6) is 1.93. The zero-order chi connectivity index (χ0) is 35.5. The summed E-state index contributed by atoms with van der Waals surface area (Å²) in [6, 6.07) is 53.4. The first-order valence-electron chi connectivity index (χ1n) is 18.4. The van der Waals surface area contributed by atoms with Gasteiger partial charge in [0.1, 0.15) is 0 Å². The fourth-order valence-electron chi connectivity index (χ4n) is 8.33. The maximum Gasteiger partial charge on any atom is 0.164 e. The molecule has 0 N–H and O–H groups in total. The summed E-state index contributed by atoms with van der Waals surface area (Å²) in [5.41, 5.74) is 12.7. The molecular weight excluding hydrogens is 647 g/mol. The Balaban J connectivity index is 1.05. The van der Waals surface area contributed by atoms with Crippen LogP contribution in [0.3, 0.4) is 0 Å². The smallest absolute Gasteiger partial charge is 0.164 e. The van der Waals surface area contributed by atoms with Crippen LogP contribution >= 0.6 is 0 Å². The van der Waals surface area contributed by atoms with Crippen LogP contribution in [0.1, 0.15) is 32.3 Å². The fraction of sp³-hybridized carbons (Fsp3) is 0.104. The van der Waals surface area contributed by atoms with Crippen LogP contribution in [-0.4, -0.2) is 19.5 Å². The summed E-state index contributed by atoms with van der Waals surface area (Å²) in [6.45, 7) is 4.73. The molecule has 2 aliphatic rings. The molecule has 53 heavy (non-hydrogen) atoms. The summed E-state index contributed by atoms with van der Waals surface area (Å²) < 4.78 is 2.33. The van der Waals surface area contributed by atoms with Gasteiger partial charge in [-0.05, 0) is 96.8 Å². The SMILES string of the molecule is CC1(C)C2=C(C=CCC2)N(c2ccc(-c3nc(-c4ccccc4)nc(-c4ccc(-n5c6ccccc6c6ccccc65)cc4)n3)cc2)c2ccccc21. The Morgan fingerprint density at radius 3 is 1.64 bits per heavy atom. The third kappa shape index (κ3) is 5.11. The van der Waals surface area contributed by atoms with Gasteiger partial charge in [-0.2, -0.15) is 0 Å². The van der Waals surface area contributed by atoms with Gasteiger partial charge in [-0.15, -0.1) is 0 Å². The van der Waals surface area contributed by atoms with Gasteiger partial charge in [-0.3, -0.25) is 0 Å². The molecule has 0 spiro atoms. The van der Waals surface area contributed by atoms with Crippen LogP contribution in [-0.2, 0) is 5.41 Å². The minimum Gasteiger partial charge on any atom is -0.310 e. The summed E-state index contributed by atoms with van der Waals surface area (Å²) in [4.78, 5) is 17.6. The molecule has 5 nitrogen and oxygen atoms in total. The van der Waals surface area contributed by atoms with Gasteiger partial charge in [0.15, 0.2) is 17.5 Å². The van der Waals surface area contributed by atoms with E-state index < -0.39 is 0 Å². The van der Waals surface area contributed by atoms with Crippen LogP contribution in [0, 0.1) is 0 Å². The lowest BCUT2D eigenvalue weighted by atomic mass is 9.70. The second kappa shape index (κ2) is 12.3. The average Bonchev–Trinajstić information content (AvgIpc) is 3.56. The molecule has 1 aliphatic carbocycles. The molecule has 254 valence electrons. The third-order valence-electron chi connectivity index (χ3n) is 11.0. The van der Waals surface area contributed by atoms with Gasteiger partial charge in [0, 0.05) is 49.9 Å². The van der Waals surface area contributed by atoms with E-state index in [2.05, 4.69) is 169 Å². The molecular formula is C48H37N5. The first kappa shape index (κ1) is 31.2. The maximum absolute atomic E-state index is 5.09. The number of benzene rings is 6. The lowest BCUT2D eigenvalue weighted by Gasteiger charge is -2.44. The Bertz CT molecular complexity index is 2680. The van der Waals surface area contributed by atoms with Gasteiger partial charge in [-0.1, -0.05) is 105 Å². The molecule has 0 saturated carbocycles. The van der Waals surface area contributed by atoms with Crippen molar-refractivity contribution in [3.8, 4) is 39.9 Å².